The van der Waals surface area contributed by atoms with E-state index in [9.17, 15) is 29.1 Å². The van der Waals surface area contributed by atoms with E-state index >= 15 is 0 Å². The molecule has 1 aliphatic rings. The number of aliphatic hydroxyl groups excluding tert-OH is 1. The van der Waals surface area contributed by atoms with Gasteiger partial charge in [-0.25, -0.2) is 29.4 Å². The first kappa shape index (κ1) is 41.8. The number of rotatable bonds is 12. The number of fused-ring (bicyclic) bond motifs is 1. The van der Waals surface area contributed by atoms with Crippen LogP contribution in [0.4, 0.5) is 10.6 Å². The molecule has 4 aromatic carbocycles. The van der Waals surface area contributed by atoms with Gasteiger partial charge in [-0.15, -0.1) is 0 Å². The summed E-state index contributed by atoms with van der Waals surface area (Å²) in [5.74, 6) is -2.94. The molecule has 3 heterocycles. The second kappa shape index (κ2) is 18.3. The first-order valence-corrected chi connectivity index (χ1v) is 19.4. The van der Waals surface area contributed by atoms with E-state index < -0.39 is 72.5 Å². The van der Waals surface area contributed by atoms with Crippen LogP contribution in [0.1, 0.15) is 63.6 Å². The van der Waals surface area contributed by atoms with Gasteiger partial charge in [0, 0.05) is 17.5 Å². The van der Waals surface area contributed by atoms with Gasteiger partial charge in [0.1, 0.15) is 24.1 Å². The molecule has 1 saturated heterocycles. The molecule has 0 bridgehead atoms. The number of esters is 1. The second-order valence-electron chi connectivity index (χ2n) is 15.1. The van der Waals surface area contributed by atoms with E-state index in [-0.39, 0.29) is 40.1 Å². The highest BCUT2D eigenvalue weighted by Crippen LogP contribution is 2.36. The Labute approximate surface area is 350 Å². The fourth-order valence-corrected chi connectivity index (χ4v) is 6.85. The van der Waals surface area contributed by atoms with E-state index in [2.05, 4.69) is 25.6 Å². The average Bonchev–Trinajstić information content (AvgIpc) is 3.85. The molecule has 16 nitrogen and oxygen atoms in total. The van der Waals surface area contributed by atoms with Gasteiger partial charge in [0.25, 0.3) is 11.8 Å². The zero-order valence-electron chi connectivity index (χ0n) is 33.5. The number of nitrogens with zero attached hydrogens (tertiary/aromatic N) is 5. The van der Waals surface area contributed by atoms with Gasteiger partial charge in [0.15, 0.2) is 29.3 Å². The Hall–Kier alpha value is -7.30. The van der Waals surface area contributed by atoms with Crippen molar-refractivity contribution >= 4 is 46.8 Å². The molecule has 5 atom stereocenters. The maximum absolute atomic E-state index is 14.3. The van der Waals surface area contributed by atoms with Crippen LogP contribution in [-0.2, 0) is 25.4 Å². The van der Waals surface area contributed by atoms with Crippen LogP contribution in [0.15, 0.2) is 134 Å². The SMILES string of the molecule is CC(C)(C)OC(=O)N[C@@H](Cc1ccccc1)C(=O)N[C@H]1[C@@H](OC(=O)c2ccccc2)[C@H](n2cnc3c(N(C(=O)c4ccccc4)C(=O)c4ccccc4)ncnc32)O[C@@H]1CO. The minimum atomic E-state index is -1.35. The Morgan fingerprint density at radius 2 is 1.34 bits per heavy atom. The molecule has 4 amide bonds. The summed E-state index contributed by atoms with van der Waals surface area (Å²) in [7, 11) is 0. The fraction of sp³-hybridized carbons (Fsp3) is 0.244. The van der Waals surface area contributed by atoms with Gasteiger partial charge >= 0.3 is 12.1 Å². The Bertz CT molecular complexity index is 2450. The number of hydrogen-bond acceptors (Lipinski definition) is 12. The van der Waals surface area contributed by atoms with Crippen molar-refractivity contribution in [1.29, 1.82) is 0 Å². The van der Waals surface area contributed by atoms with E-state index in [4.69, 9.17) is 14.2 Å². The van der Waals surface area contributed by atoms with Crippen molar-refractivity contribution in [2.45, 2.75) is 63.3 Å². The zero-order valence-corrected chi connectivity index (χ0v) is 33.5. The third kappa shape index (κ3) is 9.61. The van der Waals surface area contributed by atoms with E-state index in [0.29, 0.717) is 0 Å². The van der Waals surface area contributed by atoms with Gasteiger partial charge in [0.2, 0.25) is 5.91 Å². The smallest absolute Gasteiger partial charge is 0.408 e. The molecule has 61 heavy (non-hydrogen) atoms. The fourth-order valence-electron chi connectivity index (χ4n) is 6.85. The predicted octanol–water partition coefficient (Wildman–Crippen LogP) is 5.05. The molecule has 7 rings (SSSR count). The standard InChI is InChI=1S/C45H43N7O9/c1-45(2,3)61-44(58)49-32(24-28-16-8-4-9-17-28)39(54)50-34-33(25-53)59-42(36(34)60-43(57)31-22-14-7-15-23-31)51-27-48-35-37(51)46-26-47-38(35)52(40(55)29-18-10-5-11-19-29)41(56)30-20-12-6-13-21-30/h4-23,26-27,32-34,36,42,53H,24-25H2,1-3H3,(H,49,58)(H,50,54)/t32-,33+,34+,36+,42+/m0/s1. The lowest BCUT2D eigenvalue weighted by molar-refractivity contribution is -0.125. The Morgan fingerprint density at radius 3 is 1.90 bits per heavy atom. The van der Waals surface area contributed by atoms with Crippen LogP contribution in [0, 0.1) is 0 Å². The lowest BCUT2D eigenvalue weighted by Gasteiger charge is -2.28. The molecular formula is C45H43N7O9. The van der Waals surface area contributed by atoms with Gasteiger partial charge in [-0.3, -0.25) is 19.0 Å². The summed E-state index contributed by atoms with van der Waals surface area (Å²) in [6, 6.07) is 31.2. The predicted molar refractivity (Wildman–Crippen MR) is 221 cm³/mol. The lowest BCUT2D eigenvalue weighted by Crippen LogP contribution is -2.56. The number of imide groups is 1. The first-order chi connectivity index (χ1) is 29.4. The normalized spacial score (nSPS) is 17.8. The van der Waals surface area contributed by atoms with Crippen molar-refractivity contribution in [1.82, 2.24) is 30.2 Å². The van der Waals surface area contributed by atoms with Crippen molar-refractivity contribution in [3.8, 4) is 0 Å². The zero-order chi connectivity index (χ0) is 43.1. The van der Waals surface area contributed by atoms with Crippen LogP contribution in [-0.4, -0.2) is 90.9 Å². The average molecular weight is 826 g/mol. The highest BCUT2D eigenvalue weighted by molar-refractivity contribution is 6.27. The number of aliphatic hydroxyl groups is 1. The van der Waals surface area contributed by atoms with Crippen LogP contribution in [0.2, 0.25) is 0 Å². The van der Waals surface area contributed by atoms with Crippen LogP contribution in [0.5, 0.6) is 0 Å². The summed E-state index contributed by atoms with van der Waals surface area (Å²) in [6.45, 7) is 4.45. The number of ether oxygens (including phenoxy) is 3. The van der Waals surface area contributed by atoms with Gasteiger partial charge < -0.3 is 30.0 Å². The molecule has 0 aliphatic carbocycles. The number of imidazole rings is 1. The summed E-state index contributed by atoms with van der Waals surface area (Å²) >= 11 is 0. The molecule has 312 valence electrons. The number of alkyl carbamates (subject to hydrolysis) is 1. The number of benzene rings is 4. The molecule has 16 heteroatoms. The molecule has 0 radical (unpaired) electrons. The molecule has 0 spiro atoms. The van der Waals surface area contributed by atoms with Gasteiger partial charge in [-0.05, 0) is 62.7 Å². The monoisotopic (exact) mass is 825 g/mol. The maximum Gasteiger partial charge on any atom is 0.408 e. The van der Waals surface area contributed by atoms with Crippen molar-refractivity contribution in [3.63, 3.8) is 0 Å². The second-order valence-corrected chi connectivity index (χ2v) is 15.1. The molecule has 1 aliphatic heterocycles. The number of nitrogens with one attached hydrogen (secondary N) is 2. The topological polar surface area (TPSA) is 204 Å². The molecule has 1 fully saturated rings. The summed E-state index contributed by atoms with van der Waals surface area (Å²) in [5.41, 5.74) is 0.575. The summed E-state index contributed by atoms with van der Waals surface area (Å²) in [6.07, 6.45) is -2.12. The van der Waals surface area contributed by atoms with Crippen LogP contribution < -0.4 is 15.5 Å². The highest BCUT2D eigenvalue weighted by atomic mass is 16.6. The molecular weight excluding hydrogens is 783 g/mol. The summed E-state index contributed by atoms with van der Waals surface area (Å²) in [5, 5.41) is 16.2. The number of aromatic nitrogens is 4. The molecule has 0 unspecified atom stereocenters. The number of anilines is 1. The molecule has 2 aromatic heterocycles. The van der Waals surface area contributed by atoms with Crippen LogP contribution >= 0.6 is 0 Å². The summed E-state index contributed by atoms with van der Waals surface area (Å²) < 4.78 is 19.4. The largest absolute Gasteiger partial charge is 0.452 e. The van der Waals surface area contributed by atoms with Crippen LogP contribution in [0.3, 0.4) is 0 Å². The van der Waals surface area contributed by atoms with Gasteiger partial charge in [0.05, 0.1) is 24.5 Å². The Kier molecular flexibility index (Phi) is 12.6. The molecule has 0 saturated carbocycles. The summed E-state index contributed by atoms with van der Waals surface area (Å²) in [4.78, 5) is 83.6. The highest BCUT2D eigenvalue weighted by Gasteiger charge is 2.50. The minimum absolute atomic E-state index is 0.0188. The molecule has 3 N–H and O–H groups in total. The van der Waals surface area contributed by atoms with Crippen molar-refractivity contribution in [2.24, 2.45) is 0 Å². The van der Waals surface area contributed by atoms with Gasteiger partial charge in [-0.1, -0.05) is 84.9 Å². The van der Waals surface area contributed by atoms with E-state index in [1.807, 2.05) is 6.07 Å². The van der Waals surface area contributed by atoms with E-state index in [0.717, 1.165) is 16.8 Å². The number of hydrogen-bond donors (Lipinski definition) is 3. The third-order valence-electron chi connectivity index (χ3n) is 9.65. The lowest BCUT2D eigenvalue weighted by atomic mass is 10.0. The first-order valence-electron chi connectivity index (χ1n) is 19.4. The Balaban J connectivity index is 1.27. The maximum atomic E-state index is 14.3. The van der Waals surface area contributed by atoms with Crippen molar-refractivity contribution < 1.29 is 43.3 Å². The van der Waals surface area contributed by atoms with Crippen LogP contribution in [0.25, 0.3) is 11.2 Å². The van der Waals surface area contributed by atoms with Crippen molar-refractivity contribution in [2.75, 3.05) is 11.5 Å². The Morgan fingerprint density at radius 1 is 0.787 bits per heavy atom. The van der Waals surface area contributed by atoms with Crippen molar-refractivity contribution in [3.05, 3.63) is 156 Å². The van der Waals surface area contributed by atoms with E-state index in [1.165, 1.54) is 10.9 Å². The van der Waals surface area contributed by atoms with Gasteiger partial charge in [-0.2, -0.15) is 0 Å². The number of amides is 4. The molecule has 6 aromatic rings. The quantitative estimate of drug-likeness (QED) is 0.110. The minimum Gasteiger partial charge on any atom is -0.452 e. The third-order valence-corrected chi connectivity index (χ3v) is 9.65. The van der Waals surface area contributed by atoms with E-state index in [1.54, 1.807) is 136 Å². The number of carbonyl (C=O) groups excluding carboxylic acids is 5. The number of carbonyl (C=O) groups is 5.